The first-order chi connectivity index (χ1) is 14.2. The smallest absolute Gasteiger partial charge is 0.130 e. The lowest BCUT2D eigenvalue weighted by Gasteiger charge is -2.34. The molecular weight excluding hydrogens is 362 g/mol. The van der Waals surface area contributed by atoms with Crippen LogP contribution in [0.15, 0.2) is 54.9 Å². The minimum Gasteiger partial charge on any atom is -0.377 e. The molecule has 5 rings (SSSR count). The van der Waals surface area contributed by atoms with Gasteiger partial charge in [-0.15, -0.1) is 0 Å². The van der Waals surface area contributed by atoms with Gasteiger partial charge in [0.1, 0.15) is 17.0 Å². The zero-order chi connectivity index (χ0) is 19.8. The summed E-state index contributed by atoms with van der Waals surface area (Å²) in [6.07, 6.45) is 3.67. The molecule has 1 aliphatic heterocycles. The van der Waals surface area contributed by atoms with Crippen LogP contribution in [0.1, 0.15) is 12.5 Å². The molecule has 1 fully saturated rings. The standard InChI is InChI=1S/C23H23N5O/c1-15-13-24-22(19-8-9-25-27-19)23-21(15)18(17-6-4-3-5-7-17)12-20(26-23)28-10-11-29-14-16(28)2/h3-9,12-13,16H,10-11,14H2,1-2H3,(H,25,27). The maximum absolute atomic E-state index is 5.64. The number of hydrogen-bond donors (Lipinski definition) is 1. The van der Waals surface area contributed by atoms with Gasteiger partial charge in [0.15, 0.2) is 0 Å². The number of aromatic nitrogens is 4. The Balaban J connectivity index is 1.82. The minimum atomic E-state index is 0.269. The molecule has 0 spiro atoms. The Morgan fingerprint density at radius 1 is 1.17 bits per heavy atom. The summed E-state index contributed by atoms with van der Waals surface area (Å²) in [6.45, 7) is 6.52. The zero-order valence-electron chi connectivity index (χ0n) is 16.6. The van der Waals surface area contributed by atoms with Crippen molar-refractivity contribution in [2.24, 2.45) is 0 Å². The van der Waals surface area contributed by atoms with Crippen LogP contribution in [0, 0.1) is 6.92 Å². The Labute approximate surface area is 169 Å². The van der Waals surface area contributed by atoms with Gasteiger partial charge in [-0.2, -0.15) is 5.10 Å². The molecule has 6 heteroatoms. The van der Waals surface area contributed by atoms with E-state index in [9.17, 15) is 0 Å². The first kappa shape index (κ1) is 17.8. The van der Waals surface area contributed by atoms with Gasteiger partial charge in [0.25, 0.3) is 0 Å². The van der Waals surface area contributed by atoms with Crippen molar-refractivity contribution in [2.75, 3.05) is 24.7 Å². The highest BCUT2D eigenvalue weighted by molar-refractivity contribution is 6.03. The Morgan fingerprint density at radius 3 is 2.79 bits per heavy atom. The molecule has 6 nitrogen and oxygen atoms in total. The monoisotopic (exact) mass is 385 g/mol. The number of pyridine rings is 2. The van der Waals surface area contributed by atoms with Crippen molar-refractivity contribution in [3.8, 4) is 22.5 Å². The third kappa shape index (κ3) is 3.15. The normalized spacial score (nSPS) is 17.0. The quantitative estimate of drug-likeness (QED) is 0.572. The highest BCUT2D eigenvalue weighted by atomic mass is 16.5. The van der Waals surface area contributed by atoms with E-state index in [1.165, 1.54) is 11.1 Å². The lowest BCUT2D eigenvalue weighted by Crippen LogP contribution is -2.44. The van der Waals surface area contributed by atoms with Crippen LogP contribution in [0.25, 0.3) is 33.4 Å². The molecule has 1 N–H and O–H groups in total. The fourth-order valence-electron chi connectivity index (χ4n) is 4.03. The number of anilines is 1. The zero-order valence-corrected chi connectivity index (χ0v) is 16.6. The second-order valence-electron chi connectivity index (χ2n) is 7.50. The molecule has 0 radical (unpaired) electrons. The number of H-pyrrole nitrogens is 1. The average Bonchev–Trinajstić information content (AvgIpc) is 3.29. The fourth-order valence-corrected chi connectivity index (χ4v) is 4.03. The fraction of sp³-hybridized carbons (Fsp3) is 0.261. The molecular formula is C23H23N5O. The van der Waals surface area contributed by atoms with Crippen molar-refractivity contribution in [2.45, 2.75) is 19.9 Å². The summed E-state index contributed by atoms with van der Waals surface area (Å²) in [7, 11) is 0. The van der Waals surface area contributed by atoms with Crippen LogP contribution < -0.4 is 4.90 Å². The number of morpholine rings is 1. The van der Waals surface area contributed by atoms with E-state index in [0.29, 0.717) is 13.2 Å². The molecule has 1 unspecified atom stereocenters. The summed E-state index contributed by atoms with van der Waals surface area (Å²) < 4.78 is 5.64. The predicted molar refractivity (Wildman–Crippen MR) is 115 cm³/mol. The van der Waals surface area contributed by atoms with Crippen LogP contribution in [0.2, 0.25) is 0 Å². The number of ether oxygens (including phenoxy) is 1. The number of hydrogen-bond acceptors (Lipinski definition) is 5. The third-order valence-electron chi connectivity index (χ3n) is 5.51. The van der Waals surface area contributed by atoms with Gasteiger partial charge >= 0.3 is 0 Å². The van der Waals surface area contributed by atoms with Gasteiger partial charge in [-0.3, -0.25) is 10.1 Å². The first-order valence-corrected chi connectivity index (χ1v) is 9.92. The van der Waals surface area contributed by atoms with Crippen LogP contribution in [-0.2, 0) is 4.74 Å². The minimum absolute atomic E-state index is 0.269. The van der Waals surface area contributed by atoms with Crippen LogP contribution in [0.3, 0.4) is 0 Å². The molecule has 0 bridgehead atoms. The largest absolute Gasteiger partial charge is 0.377 e. The highest BCUT2D eigenvalue weighted by Gasteiger charge is 2.23. The van der Waals surface area contributed by atoms with Gasteiger partial charge in [0.2, 0.25) is 0 Å². The molecule has 4 aromatic rings. The molecule has 146 valence electrons. The van der Waals surface area contributed by atoms with E-state index >= 15 is 0 Å². The average molecular weight is 385 g/mol. The molecule has 0 amide bonds. The van der Waals surface area contributed by atoms with Crippen molar-refractivity contribution in [1.29, 1.82) is 0 Å². The van der Waals surface area contributed by atoms with Crippen LogP contribution >= 0.6 is 0 Å². The van der Waals surface area contributed by atoms with E-state index in [4.69, 9.17) is 14.7 Å². The van der Waals surface area contributed by atoms with Crippen molar-refractivity contribution in [3.63, 3.8) is 0 Å². The SMILES string of the molecule is Cc1cnc(-c2ccn[nH]2)c2nc(N3CCOCC3C)cc(-c3ccccc3)c12. The van der Waals surface area contributed by atoms with Crippen LogP contribution in [-0.4, -0.2) is 46.0 Å². The van der Waals surface area contributed by atoms with Crippen LogP contribution in [0.5, 0.6) is 0 Å². The molecule has 1 aromatic carbocycles. The summed E-state index contributed by atoms with van der Waals surface area (Å²) in [5.41, 5.74) is 6.04. The number of fused-ring (bicyclic) bond motifs is 1. The van der Waals surface area contributed by atoms with E-state index in [1.807, 2.05) is 18.3 Å². The van der Waals surface area contributed by atoms with Crippen molar-refractivity contribution in [1.82, 2.24) is 20.2 Å². The summed E-state index contributed by atoms with van der Waals surface area (Å²) >= 11 is 0. The second kappa shape index (κ2) is 7.29. The summed E-state index contributed by atoms with van der Waals surface area (Å²) in [5.74, 6) is 0.959. The van der Waals surface area contributed by atoms with Gasteiger partial charge in [0.05, 0.1) is 24.9 Å². The summed E-state index contributed by atoms with van der Waals surface area (Å²) in [6, 6.07) is 14.9. The van der Waals surface area contributed by atoms with Crippen molar-refractivity contribution >= 4 is 16.7 Å². The molecule has 1 saturated heterocycles. The predicted octanol–water partition coefficient (Wildman–Crippen LogP) is 4.22. The molecule has 1 atom stereocenters. The Kier molecular flexibility index (Phi) is 4.48. The Hall–Kier alpha value is -3.25. The van der Waals surface area contributed by atoms with E-state index in [-0.39, 0.29) is 6.04 Å². The number of rotatable bonds is 3. The molecule has 1 aliphatic rings. The number of nitrogens with zero attached hydrogens (tertiary/aromatic N) is 4. The first-order valence-electron chi connectivity index (χ1n) is 9.92. The van der Waals surface area contributed by atoms with Gasteiger partial charge in [-0.1, -0.05) is 30.3 Å². The second-order valence-corrected chi connectivity index (χ2v) is 7.50. The highest BCUT2D eigenvalue weighted by Crippen LogP contribution is 2.37. The summed E-state index contributed by atoms with van der Waals surface area (Å²) in [4.78, 5) is 12.2. The van der Waals surface area contributed by atoms with E-state index in [2.05, 4.69) is 59.3 Å². The number of aryl methyl sites for hydroxylation is 1. The number of benzene rings is 1. The molecule has 3 aromatic heterocycles. The molecule has 4 heterocycles. The van der Waals surface area contributed by atoms with E-state index in [0.717, 1.165) is 40.2 Å². The Morgan fingerprint density at radius 2 is 2.03 bits per heavy atom. The molecule has 0 aliphatic carbocycles. The third-order valence-corrected chi connectivity index (χ3v) is 5.51. The molecule has 0 saturated carbocycles. The van der Waals surface area contributed by atoms with Gasteiger partial charge in [-0.25, -0.2) is 4.98 Å². The Bertz CT molecular complexity index is 1140. The van der Waals surface area contributed by atoms with Gasteiger partial charge in [-0.05, 0) is 42.7 Å². The molecule has 29 heavy (non-hydrogen) atoms. The maximum Gasteiger partial charge on any atom is 0.130 e. The summed E-state index contributed by atoms with van der Waals surface area (Å²) in [5, 5.41) is 8.28. The van der Waals surface area contributed by atoms with Gasteiger partial charge < -0.3 is 9.64 Å². The van der Waals surface area contributed by atoms with Crippen molar-refractivity contribution in [3.05, 3.63) is 60.4 Å². The van der Waals surface area contributed by atoms with Crippen LogP contribution in [0.4, 0.5) is 5.82 Å². The lowest BCUT2D eigenvalue weighted by atomic mass is 9.97. The number of aromatic amines is 1. The van der Waals surface area contributed by atoms with E-state index in [1.54, 1.807) is 6.20 Å². The topological polar surface area (TPSA) is 66.9 Å². The maximum atomic E-state index is 5.64. The van der Waals surface area contributed by atoms with E-state index < -0.39 is 0 Å². The van der Waals surface area contributed by atoms with Gasteiger partial charge in [0, 0.05) is 24.3 Å². The lowest BCUT2D eigenvalue weighted by molar-refractivity contribution is 0.0986. The number of nitrogens with one attached hydrogen (secondary N) is 1. The van der Waals surface area contributed by atoms with Crippen molar-refractivity contribution < 1.29 is 4.74 Å².